The second-order valence-electron chi connectivity index (χ2n) is 4.33. The van der Waals surface area contributed by atoms with Crippen LogP contribution in [0.15, 0.2) is 18.5 Å². The summed E-state index contributed by atoms with van der Waals surface area (Å²) >= 11 is 0. The second-order valence-corrected chi connectivity index (χ2v) is 4.33. The SMILES string of the molecule is CC(C)CC(C)(O)c1cnccc1N. The number of nitrogens with zero attached hydrogens (tertiary/aromatic N) is 1. The molecule has 0 aromatic carbocycles. The van der Waals surface area contributed by atoms with Crippen LogP contribution in [0.3, 0.4) is 0 Å². The Kier molecular flexibility index (Phi) is 3.11. The van der Waals surface area contributed by atoms with E-state index in [1.807, 2.05) is 0 Å². The minimum atomic E-state index is -0.882. The number of pyridine rings is 1. The van der Waals surface area contributed by atoms with Gasteiger partial charge in [-0.25, -0.2) is 0 Å². The lowest BCUT2D eigenvalue weighted by Crippen LogP contribution is -2.24. The molecule has 0 fully saturated rings. The third-order valence-electron chi connectivity index (χ3n) is 2.24. The summed E-state index contributed by atoms with van der Waals surface area (Å²) in [5, 5.41) is 10.2. The van der Waals surface area contributed by atoms with Gasteiger partial charge in [-0.3, -0.25) is 4.98 Å². The molecule has 3 heteroatoms. The van der Waals surface area contributed by atoms with Gasteiger partial charge in [-0.1, -0.05) is 13.8 Å². The third kappa shape index (κ3) is 2.45. The largest absolute Gasteiger partial charge is 0.398 e. The lowest BCUT2D eigenvalue weighted by molar-refractivity contribution is 0.0353. The minimum Gasteiger partial charge on any atom is -0.398 e. The quantitative estimate of drug-likeness (QED) is 0.772. The Morgan fingerprint density at radius 2 is 2.21 bits per heavy atom. The number of rotatable bonds is 3. The van der Waals surface area contributed by atoms with Gasteiger partial charge in [0, 0.05) is 23.6 Å². The molecule has 1 aromatic heterocycles. The lowest BCUT2D eigenvalue weighted by atomic mass is 9.87. The van der Waals surface area contributed by atoms with Crippen LogP contribution in [0.4, 0.5) is 5.69 Å². The van der Waals surface area contributed by atoms with Crippen molar-refractivity contribution in [1.29, 1.82) is 0 Å². The molecule has 3 N–H and O–H groups in total. The molecule has 78 valence electrons. The zero-order valence-corrected chi connectivity index (χ0v) is 8.99. The zero-order chi connectivity index (χ0) is 10.8. The van der Waals surface area contributed by atoms with Crippen LogP contribution < -0.4 is 5.73 Å². The van der Waals surface area contributed by atoms with Gasteiger partial charge in [0.1, 0.15) is 0 Å². The van der Waals surface area contributed by atoms with Gasteiger partial charge in [0.15, 0.2) is 0 Å². The highest BCUT2D eigenvalue weighted by Gasteiger charge is 2.26. The highest BCUT2D eigenvalue weighted by atomic mass is 16.3. The molecule has 0 saturated heterocycles. The van der Waals surface area contributed by atoms with E-state index in [4.69, 9.17) is 5.73 Å². The maximum absolute atomic E-state index is 10.2. The Balaban J connectivity index is 2.97. The van der Waals surface area contributed by atoms with Crippen LogP contribution in [0.25, 0.3) is 0 Å². The monoisotopic (exact) mass is 194 g/mol. The molecule has 0 saturated carbocycles. The van der Waals surface area contributed by atoms with Crippen molar-refractivity contribution in [2.75, 3.05) is 5.73 Å². The van der Waals surface area contributed by atoms with E-state index >= 15 is 0 Å². The summed E-state index contributed by atoms with van der Waals surface area (Å²) in [5.74, 6) is 0.421. The first-order valence-corrected chi connectivity index (χ1v) is 4.86. The van der Waals surface area contributed by atoms with Crippen molar-refractivity contribution in [3.05, 3.63) is 24.0 Å². The topological polar surface area (TPSA) is 59.1 Å². The molecule has 0 spiro atoms. The first-order valence-electron chi connectivity index (χ1n) is 4.86. The molecule has 0 aliphatic carbocycles. The van der Waals surface area contributed by atoms with Gasteiger partial charge in [-0.05, 0) is 25.3 Å². The number of aliphatic hydroxyl groups is 1. The van der Waals surface area contributed by atoms with E-state index in [0.29, 0.717) is 23.6 Å². The highest BCUT2D eigenvalue weighted by molar-refractivity contribution is 5.47. The first kappa shape index (κ1) is 11.0. The van der Waals surface area contributed by atoms with E-state index in [2.05, 4.69) is 18.8 Å². The molecular formula is C11H18N2O. The van der Waals surface area contributed by atoms with Crippen molar-refractivity contribution in [3.8, 4) is 0 Å². The number of aromatic nitrogens is 1. The fourth-order valence-electron chi connectivity index (χ4n) is 1.76. The molecule has 3 nitrogen and oxygen atoms in total. The van der Waals surface area contributed by atoms with Gasteiger partial charge in [0.2, 0.25) is 0 Å². The molecule has 0 amide bonds. The van der Waals surface area contributed by atoms with Crippen LogP contribution in [0.1, 0.15) is 32.8 Å². The van der Waals surface area contributed by atoms with Crippen LogP contribution in [0.2, 0.25) is 0 Å². The normalized spacial score (nSPS) is 15.5. The highest BCUT2D eigenvalue weighted by Crippen LogP contribution is 2.30. The molecule has 0 aliphatic heterocycles. The van der Waals surface area contributed by atoms with Crippen molar-refractivity contribution in [3.63, 3.8) is 0 Å². The molecular weight excluding hydrogens is 176 g/mol. The van der Waals surface area contributed by atoms with Crippen LogP contribution in [-0.4, -0.2) is 10.1 Å². The van der Waals surface area contributed by atoms with Gasteiger partial charge >= 0.3 is 0 Å². The minimum absolute atomic E-state index is 0.421. The van der Waals surface area contributed by atoms with Crippen molar-refractivity contribution >= 4 is 5.69 Å². The van der Waals surface area contributed by atoms with Crippen LogP contribution in [0.5, 0.6) is 0 Å². The van der Waals surface area contributed by atoms with Crippen LogP contribution in [0, 0.1) is 5.92 Å². The van der Waals surface area contributed by atoms with Gasteiger partial charge < -0.3 is 10.8 Å². The maximum Gasteiger partial charge on any atom is 0.0905 e. The summed E-state index contributed by atoms with van der Waals surface area (Å²) in [6.45, 7) is 5.92. The van der Waals surface area contributed by atoms with Crippen molar-refractivity contribution < 1.29 is 5.11 Å². The number of nitrogen functional groups attached to an aromatic ring is 1. The Morgan fingerprint density at radius 3 is 2.71 bits per heavy atom. The number of nitrogens with two attached hydrogens (primary N) is 1. The van der Waals surface area contributed by atoms with E-state index in [1.165, 1.54) is 0 Å². The molecule has 1 atom stereocenters. The average molecular weight is 194 g/mol. The van der Waals surface area contributed by atoms with Gasteiger partial charge in [-0.2, -0.15) is 0 Å². The Labute approximate surface area is 85.0 Å². The molecule has 1 rings (SSSR count). The molecule has 1 unspecified atom stereocenters. The van der Waals surface area contributed by atoms with Crippen molar-refractivity contribution in [2.45, 2.75) is 32.8 Å². The first-order chi connectivity index (χ1) is 6.43. The molecule has 0 aliphatic rings. The molecule has 1 aromatic rings. The number of anilines is 1. The molecule has 0 bridgehead atoms. The Bertz CT molecular complexity index is 308. The van der Waals surface area contributed by atoms with Crippen molar-refractivity contribution in [1.82, 2.24) is 4.98 Å². The summed E-state index contributed by atoms with van der Waals surface area (Å²) in [5.41, 5.74) is 6.22. The summed E-state index contributed by atoms with van der Waals surface area (Å²) in [4.78, 5) is 3.98. The third-order valence-corrected chi connectivity index (χ3v) is 2.24. The Morgan fingerprint density at radius 1 is 1.57 bits per heavy atom. The molecule has 14 heavy (non-hydrogen) atoms. The number of hydrogen-bond donors (Lipinski definition) is 2. The van der Waals surface area contributed by atoms with Crippen molar-refractivity contribution in [2.24, 2.45) is 5.92 Å². The van der Waals surface area contributed by atoms with Crippen LogP contribution in [-0.2, 0) is 5.60 Å². The molecule has 0 radical (unpaired) electrons. The Hall–Kier alpha value is -1.09. The van der Waals surface area contributed by atoms with E-state index in [-0.39, 0.29) is 0 Å². The van der Waals surface area contributed by atoms with E-state index < -0.39 is 5.60 Å². The summed E-state index contributed by atoms with van der Waals surface area (Å²) in [6, 6.07) is 1.71. The van der Waals surface area contributed by atoms with E-state index in [1.54, 1.807) is 25.4 Å². The summed E-state index contributed by atoms with van der Waals surface area (Å²) in [6.07, 6.45) is 3.95. The predicted octanol–water partition coefficient (Wildman–Crippen LogP) is 1.92. The number of hydrogen-bond acceptors (Lipinski definition) is 3. The maximum atomic E-state index is 10.2. The average Bonchev–Trinajstić information content (AvgIpc) is 2.02. The van der Waals surface area contributed by atoms with Gasteiger partial charge in [-0.15, -0.1) is 0 Å². The fraction of sp³-hybridized carbons (Fsp3) is 0.545. The smallest absolute Gasteiger partial charge is 0.0905 e. The molecule has 1 heterocycles. The van der Waals surface area contributed by atoms with E-state index in [0.717, 1.165) is 0 Å². The second kappa shape index (κ2) is 3.96. The zero-order valence-electron chi connectivity index (χ0n) is 8.99. The van der Waals surface area contributed by atoms with E-state index in [9.17, 15) is 5.11 Å². The predicted molar refractivity (Wildman–Crippen MR) is 57.7 cm³/mol. The lowest BCUT2D eigenvalue weighted by Gasteiger charge is -2.26. The van der Waals surface area contributed by atoms with Gasteiger partial charge in [0.05, 0.1) is 5.60 Å². The summed E-state index contributed by atoms with van der Waals surface area (Å²) < 4.78 is 0. The standard InChI is InChI=1S/C11H18N2O/c1-8(2)6-11(3,14)9-7-13-5-4-10(9)12/h4-5,7-8,14H,6H2,1-3H3,(H2,12,13). The summed E-state index contributed by atoms with van der Waals surface area (Å²) in [7, 11) is 0. The fourth-order valence-corrected chi connectivity index (χ4v) is 1.76. The van der Waals surface area contributed by atoms with Gasteiger partial charge in [0.25, 0.3) is 0 Å². The van der Waals surface area contributed by atoms with Crippen LogP contribution >= 0.6 is 0 Å².